The molecule has 14 heavy (non-hydrogen) atoms. The molecule has 7 heteroatoms. The fraction of sp³-hybridized carbons (Fsp3) is 1.00. The first-order valence-corrected chi connectivity index (χ1v) is 4.73. The van der Waals surface area contributed by atoms with Gasteiger partial charge in [-0.3, -0.25) is 0 Å². The fourth-order valence-corrected chi connectivity index (χ4v) is 1.98. The van der Waals surface area contributed by atoms with Crippen LogP contribution in [0.4, 0.5) is 0 Å². The highest BCUT2D eigenvalue weighted by Crippen LogP contribution is 2.20. The Bertz CT molecular complexity index is 242. The summed E-state index contributed by atoms with van der Waals surface area (Å²) in [5.74, 6) is 0. The number of likely N-dealkylation sites (tertiary alicyclic amines) is 1. The SMILES string of the molecule is CB(O)N[C@]1(CN=[N+]=[N-])CCN(C)C1. The van der Waals surface area contributed by atoms with E-state index in [0.29, 0.717) is 6.54 Å². The summed E-state index contributed by atoms with van der Waals surface area (Å²) in [5, 5.41) is 16.0. The molecule has 0 aromatic heterocycles. The first-order valence-electron chi connectivity index (χ1n) is 4.73. The van der Waals surface area contributed by atoms with E-state index in [1.165, 1.54) is 0 Å². The molecule has 1 rings (SSSR count). The van der Waals surface area contributed by atoms with Crippen LogP contribution in [0, 0.1) is 0 Å². The predicted molar refractivity (Wildman–Crippen MR) is 55.8 cm³/mol. The first kappa shape index (κ1) is 11.3. The number of nitrogens with zero attached hydrogens (tertiary/aromatic N) is 4. The van der Waals surface area contributed by atoms with E-state index < -0.39 is 7.05 Å². The lowest BCUT2D eigenvalue weighted by atomic mass is 9.82. The molecule has 0 bridgehead atoms. The van der Waals surface area contributed by atoms with Gasteiger partial charge in [0.1, 0.15) is 0 Å². The molecule has 1 atom stereocenters. The molecule has 0 aromatic carbocycles. The van der Waals surface area contributed by atoms with Gasteiger partial charge in [0.2, 0.25) is 0 Å². The van der Waals surface area contributed by atoms with Crippen molar-refractivity contribution >= 4 is 7.05 Å². The second kappa shape index (κ2) is 4.66. The van der Waals surface area contributed by atoms with Gasteiger partial charge in [0.05, 0.1) is 0 Å². The van der Waals surface area contributed by atoms with Gasteiger partial charge in [-0.05, 0) is 32.4 Å². The molecule has 0 aromatic rings. The number of likely N-dealkylation sites (N-methyl/N-ethyl adjacent to an activating group) is 1. The van der Waals surface area contributed by atoms with E-state index in [4.69, 9.17) is 5.53 Å². The minimum absolute atomic E-state index is 0.255. The summed E-state index contributed by atoms with van der Waals surface area (Å²) < 4.78 is 0. The summed E-state index contributed by atoms with van der Waals surface area (Å²) in [7, 11) is 1.44. The zero-order valence-electron chi connectivity index (χ0n) is 8.64. The molecule has 0 spiro atoms. The van der Waals surface area contributed by atoms with Gasteiger partial charge in [0.15, 0.2) is 0 Å². The van der Waals surface area contributed by atoms with Crippen molar-refractivity contribution in [2.24, 2.45) is 5.11 Å². The highest BCUT2D eigenvalue weighted by molar-refractivity contribution is 6.45. The molecule has 1 saturated heterocycles. The molecule has 2 N–H and O–H groups in total. The van der Waals surface area contributed by atoms with Gasteiger partial charge in [-0.1, -0.05) is 5.11 Å². The van der Waals surface area contributed by atoms with Crippen molar-refractivity contribution in [1.82, 2.24) is 10.1 Å². The van der Waals surface area contributed by atoms with Crippen molar-refractivity contribution in [3.05, 3.63) is 10.4 Å². The Balaban J connectivity index is 2.64. The molecule has 1 heterocycles. The highest BCUT2D eigenvalue weighted by atomic mass is 16.2. The van der Waals surface area contributed by atoms with Gasteiger partial charge in [-0.15, -0.1) is 0 Å². The summed E-state index contributed by atoms with van der Waals surface area (Å²) in [6, 6.07) is 0. The molecule has 6 nitrogen and oxygen atoms in total. The number of hydrogen-bond acceptors (Lipinski definition) is 4. The Labute approximate surface area is 84.0 Å². The largest absolute Gasteiger partial charge is 0.437 e. The van der Waals surface area contributed by atoms with Crippen LogP contribution in [0.5, 0.6) is 0 Å². The van der Waals surface area contributed by atoms with Crippen molar-refractivity contribution in [2.75, 3.05) is 26.7 Å². The molecule has 78 valence electrons. The van der Waals surface area contributed by atoms with Gasteiger partial charge in [0.25, 0.3) is 0 Å². The van der Waals surface area contributed by atoms with E-state index in [2.05, 4.69) is 20.2 Å². The highest BCUT2D eigenvalue weighted by Gasteiger charge is 2.37. The Morgan fingerprint density at radius 1 is 1.79 bits per heavy atom. The fourth-order valence-electron chi connectivity index (χ4n) is 1.98. The Kier molecular flexibility index (Phi) is 3.77. The summed E-state index contributed by atoms with van der Waals surface area (Å²) in [5.41, 5.74) is 8.04. The van der Waals surface area contributed by atoms with E-state index in [-0.39, 0.29) is 5.54 Å². The van der Waals surface area contributed by atoms with Gasteiger partial charge < -0.3 is 15.2 Å². The second-order valence-electron chi connectivity index (χ2n) is 3.98. The minimum atomic E-state index is -0.574. The number of azide groups is 1. The zero-order valence-corrected chi connectivity index (χ0v) is 8.64. The van der Waals surface area contributed by atoms with Crippen LogP contribution in [-0.4, -0.2) is 49.2 Å². The van der Waals surface area contributed by atoms with Crippen molar-refractivity contribution in [3.8, 4) is 0 Å². The second-order valence-corrected chi connectivity index (χ2v) is 3.98. The average molecular weight is 197 g/mol. The lowest BCUT2D eigenvalue weighted by molar-refractivity contribution is 0.342. The van der Waals surface area contributed by atoms with E-state index in [1.807, 2.05) is 7.05 Å². The zero-order chi connectivity index (χ0) is 10.6. The van der Waals surface area contributed by atoms with Gasteiger partial charge in [-0.25, -0.2) is 0 Å². The van der Waals surface area contributed by atoms with Gasteiger partial charge in [0, 0.05) is 23.5 Å². The summed E-state index contributed by atoms with van der Waals surface area (Å²) in [6.07, 6.45) is 0.896. The smallest absolute Gasteiger partial charge is 0.374 e. The number of nitrogens with one attached hydrogen (secondary N) is 1. The molecule has 0 radical (unpaired) electrons. The lowest BCUT2D eigenvalue weighted by Crippen LogP contribution is -2.55. The molecular formula is C7H16BN5O. The molecule has 1 aliphatic heterocycles. The van der Waals surface area contributed by atoms with Crippen LogP contribution in [0.2, 0.25) is 6.82 Å². The van der Waals surface area contributed by atoms with Crippen molar-refractivity contribution in [3.63, 3.8) is 0 Å². The summed E-state index contributed by atoms with van der Waals surface area (Å²) in [6.45, 7) is 3.83. The summed E-state index contributed by atoms with van der Waals surface area (Å²) >= 11 is 0. The quantitative estimate of drug-likeness (QED) is 0.289. The van der Waals surface area contributed by atoms with Gasteiger partial charge >= 0.3 is 7.05 Å². The maximum atomic E-state index is 9.30. The topological polar surface area (TPSA) is 84.3 Å². The van der Waals surface area contributed by atoms with Crippen LogP contribution in [0.1, 0.15) is 6.42 Å². The lowest BCUT2D eigenvalue weighted by Gasteiger charge is -2.29. The molecule has 0 aliphatic carbocycles. The van der Waals surface area contributed by atoms with Crippen molar-refractivity contribution < 1.29 is 5.02 Å². The molecular weight excluding hydrogens is 181 g/mol. The van der Waals surface area contributed by atoms with Crippen molar-refractivity contribution in [2.45, 2.75) is 18.8 Å². The van der Waals surface area contributed by atoms with Crippen LogP contribution in [0.25, 0.3) is 10.4 Å². The Hall–Kier alpha value is -0.745. The predicted octanol–water partition coefficient (Wildman–Crippen LogP) is 0.0709. The summed E-state index contributed by atoms with van der Waals surface area (Å²) in [4.78, 5) is 4.92. The number of hydrogen-bond donors (Lipinski definition) is 2. The van der Waals surface area contributed by atoms with Crippen molar-refractivity contribution in [1.29, 1.82) is 0 Å². The van der Waals surface area contributed by atoms with Crippen LogP contribution < -0.4 is 5.23 Å². The molecule has 1 aliphatic rings. The third-order valence-electron chi connectivity index (χ3n) is 2.50. The molecule has 0 amide bonds. The number of rotatable bonds is 4. The van der Waals surface area contributed by atoms with Crippen LogP contribution in [0.15, 0.2) is 5.11 Å². The standard InChI is InChI=1S/C7H16BN5O/c1-8(14)11-7(5-10-12-9)3-4-13(2)6-7/h11,14H,3-6H2,1-2H3/t7-/m0/s1. The molecule has 1 fully saturated rings. The minimum Gasteiger partial charge on any atom is -0.437 e. The monoisotopic (exact) mass is 197 g/mol. The molecule has 0 saturated carbocycles. The van der Waals surface area contributed by atoms with Crippen LogP contribution in [0.3, 0.4) is 0 Å². The maximum Gasteiger partial charge on any atom is 0.374 e. The van der Waals surface area contributed by atoms with E-state index in [0.717, 1.165) is 19.5 Å². The van der Waals surface area contributed by atoms with E-state index in [1.54, 1.807) is 6.82 Å². The Morgan fingerprint density at radius 3 is 2.93 bits per heavy atom. The first-order chi connectivity index (χ1) is 6.58. The normalized spacial score (nSPS) is 27.4. The third kappa shape index (κ3) is 2.89. The molecule has 0 unspecified atom stereocenters. The van der Waals surface area contributed by atoms with Crippen LogP contribution in [-0.2, 0) is 0 Å². The van der Waals surface area contributed by atoms with E-state index >= 15 is 0 Å². The maximum absolute atomic E-state index is 9.30. The van der Waals surface area contributed by atoms with Crippen LogP contribution >= 0.6 is 0 Å². The van der Waals surface area contributed by atoms with E-state index in [9.17, 15) is 5.02 Å². The average Bonchev–Trinajstić information content (AvgIpc) is 2.43. The third-order valence-corrected chi connectivity index (χ3v) is 2.50. The Morgan fingerprint density at radius 2 is 2.50 bits per heavy atom. The van der Waals surface area contributed by atoms with Gasteiger partial charge in [-0.2, -0.15) is 0 Å².